The van der Waals surface area contributed by atoms with Gasteiger partial charge in [0.1, 0.15) is 0 Å². The molecule has 0 bridgehead atoms. The van der Waals surface area contributed by atoms with Crippen LogP contribution in [0.15, 0.2) is 18.2 Å². The number of carbonyl (C=O) groups excluding carboxylic acids is 1. The highest BCUT2D eigenvalue weighted by Gasteiger charge is 2.28. The third kappa shape index (κ3) is 4.27. The molecule has 18 heavy (non-hydrogen) atoms. The van der Waals surface area contributed by atoms with Crippen molar-refractivity contribution in [2.45, 2.75) is 25.9 Å². The normalized spacial score (nSPS) is 11.3. The van der Waals surface area contributed by atoms with Crippen LogP contribution in [0, 0.1) is 0 Å². The molecule has 0 unspecified atom stereocenters. The van der Waals surface area contributed by atoms with Crippen LogP contribution in [0.4, 0.5) is 18.9 Å². The molecule has 0 aliphatic heterocycles. The quantitative estimate of drug-likeness (QED) is 0.669. The monoisotopic (exact) mass is 261 g/mol. The smallest absolute Gasteiger partial charge is 0.393 e. The number of ether oxygens (including phenoxy) is 1. The van der Waals surface area contributed by atoms with Crippen LogP contribution in [-0.4, -0.2) is 18.8 Å². The van der Waals surface area contributed by atoms with Gasteiger partial charge >= 0.3 is 12.1 Å². The fourth-order valence-corrected chi connectivity index (χ4v) is 1.39. The topological polar surface area (TPSA) is 52.3 Å². The Labute approximate surface area is 103 Å². The van der Waals surface area contributed by atoms with Gasteiger partial charge in [-0.05, 0) is 24.1 Å². The first-order valence-corrected chi connectivity index (χ1v) is 5.45. The van der Waals surface area contributed by atoms with E-state index in [0.717, 1.165) is 6.07 Å². The van der Waals surface area contributed by atoms with Gasteiger partial charge in [0.25, 0.3) is 0 Å². The van der Waals surface area contributed by atoms with Crippen LogP contribution in [0.2, 0.25) is 0 Å². The van der Waals surface area contributed by atoms with E-state index in [4.69, 9.17) is 10.5 Å². The summed E-state index contributed by atoms with van der Waals surface area (Å²) >= 11 is 0. The number of carbonyl (C=O) groups is 1. The number of rotatable bonds is 4. The molecule has 0 aromatic heterocycles. The summed E-state index contributed by atoms with van der Waals surface area (Å²) in [4.78, 5) is 11.6. The first-order chi connectivity index (χ1) is 8.33. The molecule has 0 radical (unpaired) electrons. The molecule has 1 rings (SSSR count). The van der Waals surface area contributed by atoms with Gasteiger partial charge in [-0.1, -0.05) is 13.0 Å². The van der Waals surface area contributed by atoms with Gasteiger partial charge < -0.3 is 10.5 Å². The van der Waals surface area contributed by atoms with Gasteiger partial charge in [0, 0.05) is 5.69 Å². The molecular formula is C12H14F3NO2. The predicted octanol–water partition coefficient (Wildman–Crippen LogP) is 2.94. The molecule has 0 fully saturated rings. The van der Waals surface area contributed by atoms with Crippen LogP contribution in [0.5, 0.6) is 0 Å². The molecule has 0 heterocycles. The molecule has 1 aromatic carbocycles. The van der Waals surface area contributed by atoms with E-state index in [1.807, 2.05) is 6.92 Å². The minimum absolute atomic E-state index is 0.0138. The molecule has 0 aliphatic rings. The molecule has 0 aliphatic carbocycles. The molecule has 0 saturated carbocycles. The SMILES string of the molecule is CCCOC(=O)c1cc(CC(F)(F)F)ccc1N. The summed E-state index contributed by atoms with van der Waals surface area (Å²) in [7, 11) is 0. The zero-order chi connectivity index (χ0) is 13.8. The molecule has 1 aromatic rings. The van der Waals surface area contributed by atoms with E-state index in [-0.39, 0.29) is 23.4 Å². The van der Waals surface area contributed by atoms with Gasteiger partial charge in [-0.2, -0.15) is 13.2 Å². The van der Waals surface area contributed by atoms with Gasteiger partial charge in [0.15, 0.2) is 0 Å². The second kappa shape index (κ2) is 5.75. The van der Waals surface area contributed by atoms with Gasteiger partial charge in [-0.15, -0.1) is 0 Å². The van der Waals surface area contributed by atoms with Crippen LogP contribution in [0.3, 0.4) is 0 Å². The predicted molar refractivity (Wildman–Crippen MR) is 61.2 cm³/mol. The number of alkyl halides is 3. The second-order valence-corrected chi connectivity index (χ2v) is 3.85. The average molecular weight is 261 g/mol. The minimum Gasteiger partial charge on any atom is -0.462 e. The molecule has 2 N–H and O–H groups in total. The highest BCUT2D eigenvalue weighted by Crippen LogP contribution is 2.24. The molecule has 0 atom stereocenters. The molecular weight excluding hydrogens is 247 g/mol. The first-order valence-electron chi connectivity index (χ1n) is 5.45. The number of esters is 1. The van der Waals surface area contributed by atoms with Crippen LogP contribution in [0.25, 0.3) is 0 Å². The van der Waals surface area contributed by atoms with E-state index in [9.17, 15) is 18.0 Å². The number of halogens is 3. The fraction of sp³-hybridized carbons (Fsp3) is 0.417. The van der Waals surface area contributed by atoms with E-state index < -0.39 is 18.6 Å². The lowest BCUT2D eigenvalue weighted by Crippen LogP contribution is -2.14. The van der Waals surface area contributed by atoms with Crippen molar-refractivity contribution >= 4 is 11.7 Å². The van der Waals surface area contributed by atoms with E-state index in [1.54, 1.807) is 0 Å². The van der Waals surface area contributed by atoms with Crippen molar-refractivity contribution in [1.29, 1.82) is 0 Å². The molecule has 0 amide bonds. The van der Waals surface area contributed by atoms with Crippen molar-refractivity contribution < 1.29 is 22.7 Å². The number of hydrogen-bond acceptors (Lipinski definition) is 3. The Kier molecular flexibility index (Phi) is 4.58. The maximum Gasteiger partial charge on any atom is 0.393 e. The third-order valence-corrected chi connectivity index (χ3v) is 2.18. The van der Waals surface area contributed by atoms with E-state index >= 15 is 0 Å². The van der Waals surface area contributed by atoms with E-state index in [2.05, 4.69) is 0 Å². The van der Waals surface area contributed by atoms with Crippen molar-refractivity contribution in [3.05, 3.63) is 29.3 Å². The summed E-state index contributed by atoms with van der Waals surface area (Å²) < 4.78 is 41.5. The van der Waals surface area contributed by atoms with Crippen LogP contribution in [0.1, 0.15) is 29.3 Å². The zero-order valence-electron chi connectivity index (χ0n) is 9.88. The Balaban J connectivity index is 2.91. The first kappa shape index (κ1) is 14.3. The maximum absolute atomic E-state index is 12.2. The molecule has 0 spiro atoms. The average Bonchev–Trinajstić information content (AvgIpc) is 2.26. The Bertz CT molecular complexity index is 430. The van der Waals surface area contributed by atoms with Crippen LogP contribution >= 0.6 is 0 Å². The number of nitrogens with two attached hydrogens (primary N) is 1. The summed E-state index contributed by atoms with van der Waals surface area (Å²) in [5.74, 6) is -0.696. The number of anilines is 1. The number of benzene rings is 1. The van der Waals surface area contributed by atoms with Gasteiger partial charge in [0.05, 0.1) is 18.6 Å². The fourth-order valence-electron chi connectivity index (χ4n) is 1.39. The van der Waals surface area contributed by atoms with Crippen LogP contribution < -0.4 is 5.73 Å². The lowest BCUT2D eigenvalue weighted by Gasteiger charge is -2.10. The summed E-state index contributed by atoms with van der Waals surface area (Å²) in [6.45, 7) is 2.03. The summed E-state index contributed by atoms with van der Waals surface area (Å²) in [6.07, 6.45) is -4.78. The molecule has 6 heteroatoms. The zero-order valence-corrected chi connectivity index (χ0v) is 9.88. The molecule has 100 valence electrons. The van der Waals surface area contributed by atoms with E-state index in [0.29, 0.717) is 6.42 Å². The van der Waals surface area contributed by atoms with Crippen molar-refractivity contribution in [2.24, 2.45) is 0 Å². The van der Waals surface area contributed by atoms with Crippen molar-refractivity contribution in [3.63, 3.8) is 0 Å². The lowest BCUT2D eigenvalue weighted by atomic mass is 10.1. The lowest BCUT2D eigenvalue weighted by molar-refractivity contribution is -0.127. The highest BCUT2D eigenvalue weighted by molar-refractivity contribution is 5.95. The summed E-state index contributed by atoms with van der Waals surface area (Å²) in [5, 5.41) is 0. The van der Waals surface area contributed by atoms with E-state index in [1.165, 1.54) is 12.1 Å². The summed E-state index contributed by atoms with van der Waals surface area (Å²) in [5.41, 5.74) is 5.62. The maximum atomic E-state index is 12.2. The van der Waals surface area contributed by atoms with Gasteiger partial charge in [0.2, 0.25) is 0 Å². The Hall–Kier alpha value is -1.72. The van der Waals surface area contributed by atoms with Gasteiger partial charge in [-0.25, -0.2) is 4.79 Å². The number of nitrogen functional groups attached to an aromatic ring is 1. The van der Waals surface area contributed by atoms with Crippen molar-refractivity contribution in [1.82, 2.24) is 0 Å². The van der Waals surface area contributed by atoms with Crippen molar-refractivity contribution in [2.75, 3.05) is 12.3 Å². The largest absolute Gasteiger partial charge is 0.462 e. The molecule has 0 saturated heterocycles. The Morgan fingerprint density at radius 1 is 1.39 bits per heavy atom. The Morgan fingerprint density at radius 2 is 2.06 bits per heavy atom. The standard InChI is InChI=1S/C12H14F3NO2/c1-2-5-18-11(17)9-6-8(3-4-10(9)16)7-12(13,14)15/h3-4,6H,2,5,7,16H2,1H3. The Morgan fingerprint density at radius 3 is 2.61 bits per heavy atom. The number of hydrogen-bond donors (Lipinski definition) is 1. The minimum atomic E-state index is -4.32. The molecule has 3 nitrogen and oxygen atoms in total. The van der Waals surface area contributed by atoms with Crippen LogP contribution in [-0.2, 0) is 11.2 Å². The highest BCUT2D eigenvalue weighted by atomic mass is 19.4. The second-order valence-electron chi connectivity index (χ2n) is 3.85. The third-order valence-electron chi connectivity index (χ3n) is 2.18. The van der Waals surface area contributed by atoms with Crippen molar-refractivity contribution in [3.8, 4) is 0 Å². The summed E-state index contributed by atoms with van der Waals surface area (Å²) in [6, 6.07) is 3.66. The van der Waals surface area contributed by atoms with Gasteiger partial charge in [-0.3, -0.25) is 0 Å².